The molecule has 0 fully saturated rings. The van der Waals surface area contributed by atoms with Crippen LogP contribution in [0.4, 0.5) is 0 Å². The van der Waals surface area contributed by atoms with E-state index in [0.717, 1.165) is 11.1 Å². The Morgan fingerprint density at radius 1 is 1.04 bits per heavy atom. The third-order valence-corrected chi connectivity index (χ3v) is 4.02. The van der Waals surface area contributed by atoms with Crippen LogP contribution in [0, 0.1) is 0 Å². The monoisotopic (exact) mass is 398 g/mol. The second kappa shape index (κ2) is 9.57. The summed E-state index contributed by atoms with van der Waals surface area (Å²) < 4.78 is 7.18. The fraction of sp³-hybridized carbons (Fsp3) is 0.150. The van der Waals surface area contributed by atoms with Gasteiger partial charge in [0.15, 0.2) is 6.61 Å². The molecule has 1 heterocycles. The molecule has 0 aliphatic rings. The van der Waals surface area contributed by atoms with Crippen LogP contribution in [0.3, 0.4) is 0 Å². The van der Waals surface area contributed by atoms with E-state index in [-0.39, 0.29) is 6.61 Å². The minimum atomic E-state index is -0.482. The Morgan fingerprint density at radius 2 is 1.79 bits per heavy atom. The maximum atomic E-state index is 12.0. The molecule has 2 amide bonds. The molecule has 1 aromatic heterocycles. The molecule has 144 valence electrons. The Labute approximate surface area is 167 Å². The number of alkyl halides is 1. The average Bonchev–Trinajstić information content (AvgIpc) is 3.20. The number of nitrogens with zero attached hydrogens (tertiary/aromatic N) is 2. The van der Waals surface area contributed by atoms with Crippen molar-refractivity contribution < 1.29 is 14.3 Å². The largest absolute Gasteiger partial charge is 0.483 e. The van der Waals surface area contributed by atoms with Gasteiger partial charge in [0, 0.05) is 17.6 Å². The Hall–Kier alpha value is -3.32. The summed E-state index contributed by atoms with van der Waals surface area (Å²) >= 11 is 5.63. The smallest absolute Gasteiger partial charge is 0.276 e. The van der Waals surface area contributed by atoms with Crippen LogP contribution in [0.15, 0.2) is 67.0 Å². The standard InChI is InChI=1S/C20H19ClN4O3/c21-10-11-25-13-16(12-22-25)20(27)24-23-19(26)14-28-18-9-5-4-8-17(18)15-6-2-1-3-7-15/h1-9,12-13H,10-11,14H2,(H,23,26)(H,24,27). The maximum Gasteiger partial charge on any atom is 0.276 e. The lowest BCUT2D eigenvalue weighted by molar-refractivity contribution is -0.123. The fourth-order valence-electron chi connectivity index (χ4n) is 2.52. The van der Waals surface area contributed by atoms with Gasteiger partial charge in [0.25, 0.3) is 11.8 Å². The Kier molecular flexibility index (Phi) is 6.64. The van der Waals surface area contributed by atoms with E-state index in [1.54, 1.807) is 16.9 Å². The van der Waals surface area contributed by atoms with Gasteiger partial charge in [-0.1, -0.05) is 48.5 Å². The van der Waals surface area contributed by atoms with Crippen LogP contribution in [-0.4, -0.2) is 34.1 Å². The molecule has 0 spiro atoms. The molecule has 0 bridgehead atoms. The summed E-state index contributed by atoms with van der Waals surface area (Å²) in [5.74, 6) is 0.0158. The van der Waals surface area contributed by atoms with E-state index in [1.165, 1.54) is 6.20 Å². The van der Waals surface area contributed by atoms with Gasteiger partial charge in [-0.25, -0.2) is 0 Å². The number of hydrazine groups is 1. The summed E-state index contributed by atoms with van der Waals surface area (Å²) in [4.78, 5) is 24.0. The van der Waals surface area contributed by atoms with Crippen molar-refractivity contribution in [3.63, 3.8) is 0 Å². The quantitative estimate of drug-likeness (QED) is 0.473. The van der Waals surface area contributed by atoms with Gasteiger partial charge >= 0.3 is 0 Å². The number of rotatable bonds is 7. The molecular weight excluding hydrogens is 380 g/mol. The first-order valence-corrected chi connectivity index (χ1v) is 9.15. The molecule has 8 heteroatoms. The number of nitrogens with one attached hydrogen (secondary N) is 2. The highest BCUT2D eigenvalue weighted by Crippen LogP contribution is 2.29. The predicted molar refractivity (Wildman–Crippen MR) is 106 cm³/mol. The maximum absolute atomic E-state index is 12.0. The minimum absolute atomic E-state index is 0.240. The van der Waals surface area contributed by atoms with Crippen molar-refractivity contribution >= 4 is 23.4 Å². The SMILES string of the molecule is O=C(COc1ccccc1-c1ccccc1)NNC(=O)c1cnn(CCCl)c1. The number of halogens is 1. The first-order valence-electron chi connectivity index (χ1n) is 8.62. The van der Waals surface area contributed by atoms with E-state index in [9.17, 15) is 9.59 Å². The van der Waals surface area contributed by atoms with Gasteiger partial charge in [-0.3, -0.25) is 25.1 Å². The highest BCUT2D eigenvalue weighted by molar-refractivity contribution is 6.17. The number of amides is 2. The highest BCUT2D eigenvalue weighted by atomic mass is 35.5. The van der Waals surface area contributed by atoms with Crippen LogP contribution in [0.5, 0.6) is 5.75 Å². The van der Waals surface area contributed by atoms with Crippen molar-refractivity contribution in [3.8, 4) is 16.9 Å². The summed E-state index contributed by atoms with van der Waals surface area (Å²) in [6.45, 7) is 0.255. The van der Waals surface area contributed by atoms with Crippen molar-refractivity contribution in [2.75, 3.05) is 12.5 Å². The van der Waals surface area contributed by atoms with E-state index in [2.05, 4.69) is 16.0 Å². The third kappa shape index (κ3) is 5.11. The summed E-state index contributed by atoms with van der Waals surface area (Å²) in [6.07, 6.45) is 2.96. The van der Waals surface area contributed by atoms with Gasteiger partial charge in [0.2, 0.25) is 0 Å². The van der Waals surface area contributed by atoms with Crippen LogP contribution in [-0.2, 0) is 11.3 Å². The molecule has 7 nitrogen and oxygen atoms in total. The molecule has 28 heavy (non-hydrogen) atoms. The molecule has 0 unspecified atom stereocenters. The van der Waals surface area contributed by atoms with Gasteiger partial charge in [-0.15, -0.1) is 11.6 Å². The van der Waals surface area contributed by atoms with Crippen LogP contribution >= 0.6 is 11.6 Å². The number of carbonyl (C=O) groups is 2. The molecule has 0 atom stereocenters. The predicted octanol–water partition coefficient (Wildman–Crippen LogP) is 2.63. The van der Waals surface area contributed by atoms with Gasteiger partial charge in [0.1, 0.15) is 5.75 Å². The topological polar surface area (TPSA) is 85.2 Å². The summed E-state index contributed by atoms with van der Waals surface area (Å²) in [6, 6.07) is 17.2. The molecule has 0 aliphatic carbocycles. The van der Waals surface area contributed by atoms with Crippen molar-refractivity contribution in [3.05, 3.63) is 72.6 Å². The minimum Gasteiger partial charge on any atom is -0.483 e. The number of hydrogen-bond acceptors (Lipinski definition) is 4. The molecule has 2 N–H and O–H groups in total. The van der Waals surface area contributed by atoms with E-state index in [0.29, 0.717) is 23.7 Å². The molecular formula is C20H19ClN4O3. The second-order valence-corrected chi connectivity index (χ2v) is 6.21. The fourth-order valence-corrected chi connectivity index (χ4v) is 2.69. The number of carbonyl (C=O) groups excluding carboxylic acids is 2. The molecule has 3 aromatic rings. The van der Waals surface area contributed by atoms with E-state index < -0.39 is 11.8 Å². The van der Waals surface area contributed by atoms with Crippen molar-refractivity contribution in [2.24, 2.45) is 0 Å². The van der Waals surface area contributed by atoms with Crippen molar-refractivity contribution in [2.45, 2.75) is 6.54 Å². The zero-order valence-corrected chi connectivity index (χ0v) is 15.7. The molecule has 2 aromatic carbocycles. The Balaban J connectivity index is 1.53. The molecule has 0 radical (unpaired) electrons. The van der Waals surface area contributed by atoms with Gasteiger partial charge in [-0.2, -0.15) is 5.10 Å². The lowest BCUT2D eigenvalue weighted by atomic mass is 10.1. The first kappa shape index (κ1) is 19.4. The van der Waals surface area contributed by atoms with E-state index in [4.69, 9.17) is 16.3 Å². The first-order chi connectivity index (χ1) is 13.7. The molecule has 0 saturated carbocycles. The zero-order chi connectivity index (χ0) is 19.8. The van der Waals surface area contributed by atoms with Gasteiger partial charge in [-0.05, 0) is 11.6 Å². The van der Waals surface area contributed by atoms with Crippen LogP contribution in [0.2, 0.25) is 0 Å². The second-order valence-electron chi connectivity index (χ2n) is 5.83. The number of ether oxygens (including phenoxy) is 1. The lowest BCUT2D eigenvalue weighted by Crippen LogP contribution is -2.43. The lowest BCUT2D eigenvalue weighted by Gasteiger charge is -2.12. The highest BCUT2D eigenvalue weighted by Gasteiger charge is 2.11. The zero-order valence-electron chi connectivity index (χ0n) is 15.0. The Morgan fingerprint density at radius 3 is 2.57 bits per heavy atom. The summed E-state index contributed by atoms with van der Waals surface area (Å²) in [5, 5.41) is 4.00. The summed E-state index contributed by atoms with van der Waals surface area (Å²) in [5.41, 5.74) is 6.85. The summed E-state index contributed by atoms with van der Waals surface area (Å²) in [7, 11) is 0. The normalized spacial score (nSPS) is 10.3. The van der Waals surface area contributed by atoms with E-state index in [1.807, 2.05) is 48.5 Å². The molecule has 0 aliphatic heterocycles. The van der Waals surface area contributed by atoms with Crippen molar-refractivity contribution in [1.29, 1.82) is 0 Å². The van der Waals surface area contributed by atoms with Crippen LogP contribution in [0.1, 0.15) is 10.4 Å². The van der Waals surface area contributed by atoms with Crippen LogP contribution < -0.4 is 15.6 Å². The van der Waals surface area contributed by atoms with E-state index >= 15 is 0 Å². The average molecular weight is 399 g/mol. The molecule has 3 rings (SSSR count). The van der Waals surface area contributed by atoms with Crippen molar-refractivity contribution in [1.82, 2.24) is 20.6 Å². The third-order valence-electron chi connectivity index (χ3n) is 3.86. The van der Waals surface area contributed by atoms with Gasteiger partial charge < -0.3 is 4.74 Å². The van der Waals surface area contributed by atoms with Crippen LogP contribution in [0.25, 0.3) is 11.1 Å². The molecule has 0 saturated heterocycles. The number of para-hydroxylation sites is 1. The number of benzene rings is 2. The van der Waals surface area contributed by atoms with Gasteiger partial charge in [0.05, 0.1) is 18.3 Å². The number of aryl methyl sites for hydroxylation is 1. The number of aromatic nitrogens is 2. The number of hydrogen-bond donors (Lipinski definition) is 2. The Bertz CT molecular complexity index is 943.